The summed E-state index contributed by atoms with van der Waals surface area (Å²) in [6, 6.07) is 4.60. The van der Waals surface area contributed by atoms with Crippen LogP contribution in [0.1, 0.15) is 49.0 Å². The molecule has 0 aliphatic heterocycles. The maximum absolute atomic E-state index is 13.7. The topological polar surface area (TPSA) is 38.3 Å². The van der Waals surface area contributed by atoms with Gasteiger partial charge in [-0.15, -0.1) is 0 Å². The van der Waals surface area contributed by atoms with Crippen molar-refractivity contribution in [2.75, 3.05) is 13.7 Å². The molecule has 1 aromatic rings. The molecule has 3 nitrogen and oxygen atoms in total. The van der Waals surface area contributed by atoms with Gasteiger partial charge in [0, 0.05) is 6.54 Å². The van der Waals surface area contributed by atoms with Gasteiger partial charge in [-0.2, -0.15) is 0 Å². The summed E-state index contributed by atoms with van der Waals surface area (Å²) in [7, 11) is 1.24. The second kappa shape index (κ2) is 8.69. The minimum atomic E-state index is -0.643. The molecule has 1 aromatic carbocycles. The minimum Gasteiger partial charge on any atom is -0.465 e. The molecule has 4 heteroatoms. The van der Waals surface area contributed by atoms with Crippen molar-refractivity contribution in [1.29, 1.82) is 0 Å². The lowest BCUT2D eigenvalue weighted by Crippen LogP contribution is -2.15. The maximum atomic E-state index is 13.7. The van der Waals surface area contributed by atoms with Gasteiger partial charge < -0.3 is 10.1 Å². The van der Waals surface area contributed by atoms with Crippen molar-refractivity contribution in [3.8, 4) is 0 Å². The second-order valence-electron chi connectivity index (χ2n) is 5.37. The third-order valence-electron chi connectivity index (χ3n) is 3.15. The number of nitrogens with one attached hydrogen (secondary N) is 1. The molecule has 1 N–H and O–H groups in total. The van der Waals surface area contributed by atoms with E-state index in [0.29, 0.717) is 6.54 Å². The highest BCUT2D eigenvalue weighted by atomic mass is 19.1. The summed E-state index contributed by atoms with van der Waals surface area (Å²) in [6.45, 7) is 5.98. The number of carbonyl (C=O) groups is 1. The van der Waals surface area contributed by atoms with Crippen molar-refractivity contribution < 1.29 is 13.9 Å². The molecule has 0 saturated carbocycles. The van der Waals surface area contributed by atoms with Gasteiger partial charge >= 0.3 is 5.97 Å². The van der Waals surface area contributed by atoms with Crippen LogP contribution in [0.15, 0.2) is 18.2 Å². The average molecular weight is 281 g/mol. The number of hydrogen-bond acceptors (Lipinski definition) is 3. The van der Waals surface area contributed by atoms with E-state index in [1.807, 2.05) is 0 Å². The molecule has 0 spiro atoms. The fourth-order valence-electron chi connectivity index (χ4n) is 1.98. The standard InChI is InChI=1S/C16H24FNO2/c1-12(2)6-4-5-9-18-11-13-7-8-14(15(17)10-13)16(19)20-3/h7-8,10,12,18H,4-6,9,11H2,1-3H3. The fourth-order valence-corrected chi connectivity index (χ4v) is 1.98. The molecular formula is C16H24FNO2. The van der Waals surface area contributed by atoms with Gasteiger partial charge in [0.1, 0.15) is 5.82 Å². The summed E-state index contributed by atoms with van der Waals surface area (Å²) in [5, 5.41) is 3.28. The van der Waals surface area contributed by atoms with Gasteiger partial charge in [-0.05, 0) is 36.6 Å². The Kier molecular flexibility index (Phi) is 7.23. The minimum absolute atomic E-state index is 0.0202. The van der Waals surface area contributed by atoms with Gasteiger partial charge in [-0.1, -0.05) is 32.8 Å². The predicted octanol–water partition coefficient (Wildman–Crippen LogP) is 3.53. The van der Waals surface area contributed by atoms with Gasteiger partial charge in [-0.3, -0.25) is 0 Å². The lowest BCUT2D eigenvalue weighted by Gasteiger charge is -2.08. The van der Waals surface area contributed by atoms with E-state index in [2.05, 4.69) is 23.9 Å². The molecule has 0 unspecified atom stereocenters. The van der Waals surface area contributed by atoms with Crippen LogP contribution in [0.5, 0.6) is 0 Å². The Labute approximate surface area is 120 Å². The quantitative estimate of drug-likeness (QED) is 0.585. The Morgan fingerprint density at radius 2 is 2.10 bits per heavy atom. The zero-order chi connectivity index (χ0) is 15.0. The molecule has 1 rings (SSSR count). The smallest absolute Gasteiger partial charge is 0.340 e. The summed E-state index contributed by atoms with van der Waals surface area (Å²) < 4.78 is 18.2. The van der Waals surface area contributed by atoms with Gasteiger partial charge in [0.15, 0.2) is 0 Å². The normalized spacial score (nSPS) is 10.8. The molecule has 0 radical (unpaired) electrons. The van der Waals surface area contributed by atoms with Crippen molar-refractivity contribution in [2.24, 2.45) is 5.92 Å². The van der Waals surface area contributed by atoms with E-state index in [1.165, 1.54) is 32.1 Å². The first kappa shape index (κ1) is 16.6. The zero-order valence-electron chi connectivity index (χ0n) is 12.5. The zero-order valence-corrected chi connectivity index (χ0v) is 12.5. The van der Waals surface area contributed by atoms with Gasteiger partial charge in [-0.25, -0.2) is 9.18 Å². The van der Waals surface area contributed by atoms with Gasteiger partial charge in [0.05, 0.1) is 12.7 Å². The Morgan fingerprint density at radius 3 is 2.70 bits per heavy atom. The molecule has 0 amide bonds. The van der Waals surface area contributed by atoms with E-state index in [0.717, 1.165) is 24.4 Å². The number of esters is 1. The van der Waals surface area contributed by atoms with Crippen LogP contribution in [-0.2, 0) is 11.3 Å². The van der Waals surface area contributed by atoms with E-state index >= 15 is 0 Å². The first-order valence-corrected chi connectivity index (χ1v) is 7.12. The number of ether oxygens (including phenoxy) is 1. The lowest BCUT2D eigenvalue weighted by molar-refractivity contribution is 0.0595. The highest BCUT2D eigenvalue weighted by Crippen LogP contribution is 2.12. The molecular weight excluding hydrogens is 257 g/mol. The monoisotopic (exact) mass is 281 g/mol. The van der Waals surface area contributed by atoms with E-state index in [1.54, 1.807) is 6.07 Å². The molecule has 0 aromatic heterocycles. The molecule has 0 saturated heterocycles. The summed E-state index contributed by atoms with van der Waals surface area (Å²) in [5.41, 5.74) is 0.812. The Hall–Kier alpha value is -1.42. The number of halogens is 1. The summed E-state index contributed by atoms with van der Waals surface area (Å²) in [4.78, 5) is 11.3. The number of hydrogen-bond donors (Lipinski definition) is 1. The SMILES string of the molecule is COC(=O)c1ccc(CNCCCCC(C)C)cc1F. The largest absolute Gasteiger partial charge is 0.465 e. The third kappa shape index (κ3) is 5.70. The van der Waals surface area contributed by atoms with Crippen molar-refractivity contribution >= 4 is 5.97 Å². The average Bonchev–Trinajstić information content (AvgIpc) is 2.41. The third-order valence-corrected chi connectivity index (χ3v) is 3.15. The van der Waals surface area contributed by atoms with Crippen molar-refractivity contribution in [2.45, 2.75) is 39.7 Å². The maximum Gasteiger partial charge on any atom is 0.340 e. The van der Waals surface area contributed by atoms with Gasteiger partial charge in [0.2, 0.25) is 0 Å². The Morgan fingerprint density at radius 1 is 1.35 bits per heavy atom. The Bertz CT molecular complexity index is 432. The van der Waals surface area contributed by atoms with Gasteiger partial charge in [0.25, 0.3) is 0 Å². The molecule has 112 valence electrons. The van der Waals surface area contributed by atoms with E-state index in [9.17, 15) is 9.18 Å². The predicted molar refractivity (Wildman–Crippen MR) is 78.1 cm³/mol. The van der Waals surface area contributed by atoms with E-state index in [-0.39, 0.29) is 5.56 Å². The number of benzene rings is 1. The Balaban J connectivity index is 2.35. The highest BCUT2D eigenvalue weighted by molar-refractivity contribution is 5.89. The number of carbonyl (C=O) groups excluding carboxylic acids is 1. The van der Waals surface area contributed by atoms with E-state index < -0.39 is 11.8 Å². The van der Waals surface area contributed by atoms with Crippen LogP contribution >= 0.6 is 0 Å². The van der Waals surface area contributed by atoms with Crippen molar-refractivity contribution in [1.82, 2.24) is 5.32 Å². The van der Waals surface area contributed by atoms with Crippen molar-refractivity contribution in [3.05, 3.63) is 35.1 Å². The van der Waals surface area contributed by atoms with E-state index in [4.69, 9.17) is 0 Å². The van der Waals surface area contributed by atoms with Crippen LogP contribution in [0.25, 0.3) is 0 Å². The van der Waals surface area contributed by atoms with Crippen molar-refractivity contribution in [3.63, 3.8) is 0 Å². The second-order valence-corrected chi connectivity index (χ2v) is 5.37. The molecule has 0 bridgehead atoms. The van der Waals surface area contributed by atoms with Crippen LogP contribution in [0.3, 0.4) is 0 Å². The van der Waals surface area contributed by atoms with Crippen LogP contribution in [0, 0.1) is 11.7 Å². The first-order valence-electron chi connectivity index (χ1n) is 7.12. The molecule has 0 aliphatic carbocycles. The number of rotatable bonds is 8. The summed E-state index contributed by atoms with van der Waals surface area (Å²) in [6.07, 6.45) is 3.57. The number of unbranched alkanes of at least 4 members (excludes halogenated alkanes) is 1. The first-order chi connectivity index (χ1) is 9.54. The number of methoxy groups -OCH3 is 1. The lowest BCUT2D eigenvalue weighted by atomic mass is 10.1. The van der Waals surface area contributed by atoms with Crippen LogP contribution in [0.4, 0.5) is 4.39 Å². The van der Waals surface area contributed by atoms with Crippen LogP contribution in [-0.4, -0.2) is 19.6 Å². The molecule has 0 fully saturated rings. The van der Waals surface area contributed by atoms with Crippen LogP contribution in [0.2, 0.25) is 0 Å². The summed E-state index contributed by atoms with van der Waals surface area (Å²) in [5.74, 6) is -0.429. The molecule has 0 aliphatic rings. The fraction of sp³-hybridized carbons (Fsp3) is 0.562. The highest BCUT2D eigenvalue weighted by Gasteiger charge is 2.11. The molecule has 20 heavy (non-hydrogen) atoms. The van der Waals surface area contributed by atoms with Crippen LogP contribution < -0.4 is 5.32 Å². The molecule has 0 heterocycles. The summed E-state index contributed by atoms with van der Waals surface area (Å²) >= 11 is 0. The molecule has 0 atom stereocenters.